The number of anilines is 1. The van der Waals surface area contributed by atoms with Gasteiger partial charge in [0.2, 0.25) is 5.91 Å². The number of thioether (sulfide) groups is 1. The summed E-state index contributed by atoms with van der Waals surface area (Å²) < 4.78 is 0. The van der Waals surface area contributed by atoms with Crippen LogP contribution in [0.2, 0.25) is 0 Å². The van der Waals surface area contributed by atoms with Gasteiger partial charge >= 0.3 is 0 Å². The van der Waals surface area contributed by atoms with Gasteiger partial charge in [0, 0.05) is 21.5 Å². The highest BCUT2D eigenvalue weighted by Gasteiger charge is 2.23. The van der Waals surface area contributed by atoms with Crippen LogP contribution in [-0.4, -0.2) is 26.9 Å². The van der Waals surface area contributed by atoms with Gasteiger partial charge in [-0.1, -0.05) is 23.9 Å². The normalized spacial score (nSPS) is 14.5. The van der Waals surface area contributed by atoms with Gasteiger partial charge in [0.05, 0.1) is 5.25 Å². The number of hydrogen-bond acceptors (Lipinski definition) is 6. The van der Waals surface area contributed by atoms with Crippen LogP contribution in [0.15, 0.2) is 35.6 Å². The Balaban J connectivity index is 1.54. The number of thiophene rings is 1. The van der Waals surface area contributed by atoms with Crippen LogP contribution in [0.4, 0.5) is 5.69 Å². The van der Waals surface area contributed by atoms with Crippen molar-refractivity contribution in [2.75, 3.05) is 5.32 Å². The average molecular weight is 412 g/mol. The molecule has 0 fully saturated rings. The Bertz CT molecular complexity index is 1060. The fourth-order valence-corrected chi connectivity index (χ4v) is 5.67. The molecule has 28 heavy (non-hydrogen) atoms. The summed E-state index contributed by atoms with van der Waals surface area (Å²) >= 11 is 3.22. The highest BCUT2D eigenvalue weighted by atomic mass is 32.2. The number of aromatic nitrogens is 2. The van der Waals surface area contributed by atoms with E-state index in [-0.39, 0.29) is 16.9 Å². The molecule has 1 aromatic carbocycles. The number of rotatable bonds is 5. The molecule has 1 aliphatic rings. The molecular formula is C21H21N3O2S2. The molecule has 0 saturated carbocycles. The zero-order valence-corrected chi connectivity index (χ0v) is 17.5. The third-order valence-electron chi connectivity index (χ3n) is 4.91. The van der Waals surface area contributed by atoms with E-state index in [0.29, 0.717) is 11.3 Å². The topological polar surface area (TPSA) is 72.0 Å². The molecule has 5 nitrogen and oxygen atoms in total. The number of benzene rings is 1. The van der Waals surface area contributed by atoms with Crippen molar-refractivity contribution in [3.05, 3.63) is 46.6 Å². The Morgan fingerprint density at radius 3 is 2.86 bits per heavy atom. The lowest BCUT2D eigenvalue weighted by Gasteiger charge is -2.14. The van der Waals surface area contributed by atoms with Gasteiger partial charge in [0.1, 0.15) is 16.2 Å². The van der Waals surface area contributed by atoms with Crippen molar-refractivity contribution in [2.45, 2.75) is 49.8 Å². The summed E-state index contributed by atoms with van der Waals surface area (Å²) in [6.45, 7) is 3.39. The molecule has 4 rings (SSSR count). The zero-order valence-electron chi connectivity index (χ0n) is 15.8. The Morgan fingerprint density at radius 2 is 2.04 bits per heavy atom. The first-order chi connectivity index (χ1) is 13.5. The van der Waals surface area contributed by atoms with Gasteiger partial charge < -0.3 is 5.32 Å². The molecule has 2 heterocycles. The molecule has 7 heteroatoms. The number of fused-ring (bicyclic) bond motifs is 3. The minimum absolute atomic E-state index is 0.0240. The summed E-state index contributed by atoms with van der Waals surface area (Å²) in [5, 5.41) is 4.60. The first-order valence-electron chi connectivity index (χ1n) is 9.36. The van der Waals surface area contributed by atoms with Crippen molar-refractivity contribution >= 4 is 50.7 Å². The Hall–Kier alpha value is -2.25. The second kappa shape index (κ2) is 8.01. The number of aryl methyl sites for hydroxylation is 2. The second-order valence-corrected chi connectivity index (χ2v) is 9.37. The average Bonchev–Trinajstić information content (AvgIpc) is 3.07. The number of ketones is 1. The molecule has 1 aliphatic carbocycles. The number of carbonyl (C=O) groups excluding carboxylic acids is 2. The summed E-state index contributed by atoms with van der Waals surface area (Å²) in [6, 6.07) is 7.01. The van der Waals surface area contributed by atoms with E-state index in [0.717, 1.165) is 28.1 Å². The molecule has 0 saturated heterocycles. The summed E-state index contributed by atoms with van der Waals surface area (Å²) in [4.78, 5) is 35.6. The lowest BCUT2D eigenvalue weighted by atomic mass is 9.97. The maximum Gasteiger partial charge on any atom is 0.237 e. The second-order valence-electron chi connectivity index (χ2n) is 6.96. The molecular weight excluding hydrogens is 390 g/mol. The molecule has 0 aliphatic heterocycles. The summed E-state index contributed by atoms with van der Waals surface area (Å²) in [7, 11) is 0. The van der Waals surface area contributed by atoms with Gasteiger partial charge in [-0.3, -0.25) is 9.59 Å². The molecule has 3 aromatic rings. The van der Waals surface area contributed by atoms with Crippen LogP contribution in [0.5, 0.6) is 0 Å². The minimum atomic E-state index is -0.321. The van der Waals surface area contributed by atoms with E-state index in [2.05, 4.69) is 15.3 Å². The van der Waals surface area contributed by atoms with Crippen LogP contribution in [0.25, 0.3) is 10.2 Å². The Labute approximate surface area is 172 Å². The fourth-order valence-electron chi connectivity index (χ4n) is 3.43. The maximum absolute atomic E-state index is 12.7. The Morgan fingerprint density at radius 1 is 1.21 bits per heavy atom. The minimum Gasteiger partial charge on any atom is -0.325 e. The van der Waals surface area contributed by atoms with Gasteiger partial charge in [-0.05, 0) is 57.2 Å². The van der Waals surface area contributed by atoms with Gasteiger partial charge in [-0.2, -0.15) is 0 Å². The van der Waals surface area contributed by atoms with E-state index in [1.165, 1.54) is 42.0 Å². The van der Waals surface area contributed by atoms with Crippen molar-refractivity contribution in [2.24, 2.45) is 0 Å². The van der Waals surface area contributed by atoms with Crippen molar-refractivity contribution in [1.29, 1.82) is 0 Å². The summed E-state index contributed by atoms with van der Waals surface area (Å²) in [5.41, 5.74) is 2.59. The maximum atomic E-state index is 12.7. The van der Waals surface area contributed by atoms with Gasteiger partial charge in [-0.25, -0.2) is 9.97 Å². The predicted molar refractivity (Wildman–Crippen MR) is 114 cm³/mol. The van der Waals surface area contributed by atoms with Crippen LogP contribution in [0.1, 0.15) is 47.5 Å². The smallest absolute Gasteiger partial charge is 0.237 e. The van der Waals surface area contributed by atoms with E-state index < -0.39 is 0 Å². The third-order valence-corrected chi connectivity index (χ3v) is 7.21. The quantitative estimate of drug-likeness (QED) is 0.368. The highest BCUT2D eigenvalue weighted by molar-refractivity contribution is 8.00. The molecule has 144 valence electrons. The number of carbonyl (C=O) groups is 2. The molecule has 2 aromatic heterocycles. The van der Waals surface area contributed by atoms with Crippen LogP contribution in [0.3, 0.4) is 0 Å². The number of Topliss-reactive ketones (excluding diaryl/α,β-unsaturated/α-hetero) is 1. The molecule has 1 amide bonds. The van der Waals surface area contributed by atoms with Crippen LogP contribution < -0.4 is 5.32 Å². The molecule has 1 N–H and O–H groups in total. The van der Waals surface area contributed by atoms with Crippen molar-refractivity contribution < 1.29 is 9.59 Å². The number of nitrogens with one attached hydrogen (secondary N) is 1. The fraction of sp³-hybridized carbons (Fsp3) is 0.333. The van der Waals surface area contributed by atoms with E-state index in [4.69, 9.17) is 0 Å². The van der Waals surface area contributed by atoms with E-state index >= 15 is 0 Å². The van der Waals surface area contributed by atoms with Crippen molar-refractivity contribution in [3.63, 3.8) is 0 Å². The number of amides is 1. The summed E-state index contributed by atoms with van der Waals surface area (Å²) in [5.74, 6) is -0.134. The molecule has 0 spiro atoms. The van der Waals surface area contributed by atoms with Crippen LogP contribution in [0, 0.1) is 0 Å². The van der Waals surface area contributed by atoms with E-state index in [1.54, 1.807) is 41.9 Å². The SMILES string of the molecule is CC(=O)c1cccc(NC(=O)[C@@H](C)Sc2ncnc3sc4c(c23)CCCC4)c1. The Kier molecular flexibility index (Phi) is 5.46. The van der Waals surface area contributed by atoms with Gasteiger partial charge in [-0.15, -0.1) is 11.3 Å². The van der Waals surface area contributed by atoms with Gasteiger partial charge in [0.15, 0.2) is 5.78 Å². The highest BCUT2D eigenvalue weighted by Crippen LogP contribution is 2.40. The predicted octanol–water partition coefficient (Wildman–Crippen LogP) is 4.89. The number of nitrogens with zero attached hydrogens (tertiary/aromatic N) is 2. The standard InChI is InChI=1S/C21H21N3O2S2/c1-12(25)14-6-5-7-15(10-14)24-19(26)13(2)27-20-18-16-8-3-4-9-17(16)28-21(18)23-11-22-20/h5-7,10-11,13H,3-4,8-9H2,1-2H3,(H,24,26)/t13-/m1/s1. The molecule has 0 bridgehead atoms. The molecule has 1 atom stereocenters. The molecule has 0 unspecified atom stereocenters. The van der Waals surface area contributed by atoms with E-state index in [1.807, 2.05) is 6.92 Å². The zero-order chi connectivity index (χ0) is 19.7. The first-order valence-corrected chi connectivity index (χ1v) is 11.1. The van der Waals surface area contributed by atoms with Crippen molar-refractivity contribution in [3.8, 4) is 0 Å². The monoisotopic (exact) mass is 411 g/mol. The van der Waals surface area contributed by atoms with Crippen LogP contribution >= 0.6 is 23.1 Å². The summed E-state index contributed by atoms with van der Waals surface area (Å²) in [6.07, 6.45) is 6.19. The van der Waals surface area contributed by atoms with E-state index in [9.17, 15) is 9.59 Å². The van der Waals surface area contributed by atoms with Crippen LogP contribution in [-0.2, 0) is 17.6 Å². The van der Waals surface area contributed by atoms with Crippen molar-refractivity contribution in [1.82, 2.24) is 9.97 Å². The third kappa shape index (κ3) is 3.82. The lowest BCUT2D eigenvalue weighted by molar-refractivity contribution is -0.115. The lowest BCUT2D eigenvalue weighted by Crippen LogP contribution is -2.22. The number of hydrogen-bond donors (Lipinski definition) is 1. The first kappa shape index (κ1) is 19.1. The largest absolute Gasteiger partial charge is 0.325 e. The molecule has 0 radical (unpaired) electrons. The van der Waals surface area contributed by atoms with Gasteiger partial charge in [0.25, 0.3) is 0 Å².